The van der Waals surface area contributed by atoms with E-state index in [9.17, 15) is 9.18 Å². The minimum absolute atomic E-state index is 0.311. The van der Waals surface area contributed by atoms with E-state index in [-0.39, 0.29) is 5.91 Å². The highest BCUT2D eigenvalue weighted by molar-refractivity contribution is 6.04. The molecule has 1 amide bonds. The van der Waals surface area contributed by atoms with Crippen LogP contribution in [-0.4, -0.2) is 5.91 Å². The van der Waals surface area contributed by atoms with Crippen molar-refractivity contribution in [1.82, 2.24) is 0 Å². The van der Waals surface area contributed by atoms with E-state index in [1.807, 2.05) is 6.07 Å². The van der Waals surface area contributed by atoms with Crippen molar-refractivity contribution in [3.63, 3.8) is 0 Å². The lowest BCUT2D eigenvalue weighted by molar-refractivity contribution is 0.102. The number of hydrogen-bond acceptors (Lipinski definition) is 2. The first-order valence-corrected chi connectivity index (χ1v) is 5.72. The molecule has 19 heavy (non-hydrogen) atoms. The fourth-order valence-electron chi connectivity index (χ4n) is 1.63. The van der Waals surface area contributed by atoms with Gasteiger partial charge in [-0.15, -0.1) is 0 Å². The van der Waals surface area contributed by atoms with Crippen LogP contribution in [0.15, 0.2) is 48.5 Å². The number of benzene rings is 2. The molecule has 2 aromatic carbocycles. The number of rotatable bonds is 3. The molecule has 0 fully saturated rings. The molecule has 3 nitrogen and oxygen atoms in total. The van der Waals surface area contributed by atoms with Gasteiger partial charge in [-0.2, -0.15) is 5.26 Å². The van der Waals surface area contributed by atoms with Crippen molar-refractivity contribution in [2.75, 3.05) is 5.32 Å². The maximum Gasteiger partial charge on any atom is 0.255 e. The van der Waals surface area contributed by atoms with E-state index in [1.165, 1.54) is 18.2 Å². The molecular formula is C15H11FN2O. The molecule has 0 atom stereocenters. The predicted octanol–water partition coefficient (Wildman–Crippen LogP) is 3.14. The van der Waals surface area contributed by atoms with Gasteiger partial charge in [0.25, 0.3) is 5.91 Å². The van der Waals surface area contributed by atoms with Crippen LogP contribution in [0.25, 0.3) is 0 Å². The second kappa shape index (κ2) is 5.78. The molecule has 0 aromatic heterocycles. The summed E-state index contributed by atoms with van der Waals surface area (Å²) in [6.07, 6.45) is 0.311. The quantitative estimate of drug-likeness (QED) is 0.914. The number of nitriles is 1. The second-order valence-electron chi connectivity index (χ2n) is 4.00. The number of anilines is 1. The average Bonchev–Trinajstić information content (AvgIpc) is 2.40. The van der Waals surface area contributed by atoms with Crippen molar-refractivity contribution in [2.24, 2.45) is 0 Å². The number of amides is 1. The molecule has 0 spiro atoms. The predicted molar refractivity (Wildman–Crippen MR) is 70.1 cm³/mol. The zero-order chi connectivity index (χ0) is 13.7. The summed E-state index contributed by atoms with van der Waals surface area (Å²) in [5.41, 5.74) is 1.72. The number of nitrogens with zero attached hydrogens (tertiary/aromatic N) is 1. The van der Waals surface area contributed by atoms with E-state index in [0.29, 0.717) is 17.7 Å². The maximum atomic E-state index is 13.0. The van der Waals surface area contributed by atoms with Gasteiger partial charge in [0, 0.05) is 11.3 Å². The molecule has 0 saturated heterocycles. The Balaban J connectivity index is 2.10. The molecular weight excluding hydrogens is 243 g/mol. The Hall–Kier alpha value is -2.67. The first kappa shape index (κ1) is 12.8. The molecule has 0 aliphatic heterocycles. The zero-order valence-corrected chi connectivity index (χ0v) is 10.1. The Kier molecular flexibility index (Phi) is 3.89. The second-order valence-corrected chi connectivity index (χ2v) is 4.00. The van der Waals surface area contributed by atoms with Crippen LogP contribution in [0.4, 0.5) is 10.1 Å². The summed E-state index contributed by atoms with van der Waals surface area (Å²) in [6.45, 7) is 0. The van der Waals surface area contributed by atoms with Gasteiger partial charge in [-0.3, -0.25) is 4.79 Å². The summed E-state index contributed by atoms with van der Waals surface area (Å²) in [4.78, 5) is 11.9. The molecule has 0 saturated carbocycles. The van der Waals surface area contributed by atoms with Gasteiger partial charge in [0.05, 0.1) is 12.5 Å². The van der Waals surface area contributed by atoms with Crippen LogP contribution in [0.3, 0.4) is 0 Å². The molecule has 0 aliphatic rings. The standard InChI is InChI=1S/C15H11FN2O/c16-13-2-1-3-14(10-13)18-15(19)12-6-4-11(5-7-12)8-9-17/h1-7,10H,8H2,(H,18,19). The summed E-state index contributed by atoms with van der Waals surface area (Å²) < 4.78 is 13.0. The highest BCUT2D eigenvalue weighted by Gasteiger charge is 2.06. The van der Waals surface area contributed by atoms with Gasteiger partial charge in [0.15, 0.2) is 0 Å². The number of carbonyl (C=O) groups excluding carboxylic acids is 1. The minimum Gasteiger partial charge on any atom is -0.322 e. The Bertz CT molecular complexity index is 629. The van der Waals surface area contributed by atoms with Crippen molar-refractivity contribution >= 4 is 11.6 Å². The van der Waals surface area contributed by atoms with Crippen molar-refractivity contribution in [2.45, 2.75) is 6.42 Å². The monoisotopic (exact) mass is 254 g/mol. The summed E-state index contributed by atoms with van der Waals surface area (Å²) >= 11 is 0. The maximum absolute atomic E-state index is 13.0. The van der Waals surface area contributed by atoms with Crippen LogP contribution in [0.1, 0.15) is 15.9 Å². The summed E-state index contributed by atoms with van der Waals surface area (Å²) in [7, 11) is 0. The summed E-state index contributed by atoms with van der Waals surface area (Å²) in [5, 5.41) is 11.2. The van der Waals surface area contributed by atoms with E-state index in [4.69, 9.17) is 5.26 Å². The van der Waals surface area contributed by atoms with Crippen molar-refractivity contribution < 1.29 is 9.18 Å². The Morgan fingerprint density at radius 3 is 2.58 bits per heavy atom. The van der Waals surface area contributed by atoms with Gasteiger partial charge in [-0.05, 0) is 35.9 Å². The average molecular weight is 254 g/mol. The fourth-order valence-corrected chi connectivity index (χ4v) is 1.63. The van der Waals surface area contributed by atoms with E-state index >= 15 is 0 Å². The summed E-state index contributed by atoms with van der Waals surface area (Å²) in [5.74, 6) is -0.712. The van der Waals surface area contributed by atoms with E-state index in [1.54, 1.807) is 30.3 Å². The lowest BCUT2D eigenvalue weighted by Gasteiger charge is -2.05. The lowest BCUT2D eigenvalue weighted by atomic mass is 10.1. The molecule has 2 aromatic rings. The first-order chi connectivity index (χ1) is 9.19. The smallest absolute Gasteiger partial charge is 0.255 e. The minimum atomic E-state index is -0.401. The van der Waals surface area contributed by atoms with Gasteiger partial charge in [-0.1, -0.05) is 18.2 Å². The molecule has 0 bridgehead atoms. The number of hydrogen-bond donors (Lipinski definition) is 1. The fraction of sp³-hybridized carbons (Fsp3) is 0.0667. The van der Waals surface area contributed by atoms with Crippen LogP contribution in [0, 0.1) is 17.1 Å². The van der Waals surface area contributed by atoms with Crippen LogP contribution >= 0.6 is 0 Å². The molecule has 0 radical (unpaired) electrons. The van der Waals surface area contributed by atoms with Gasteiger partial charge < -0.3 is 5.32 Å². The van der Waals surface area contributed by atoms with Gasteiger partial charge in [0.1, 0.15) is 5.82 Å². The van der Waals surface area contributed by atoms with Crippen LogP contribution < -0.4 is 5.32 Å². The van der Waals surface area contributed by atoms with E-state index in [2.05, 4.69) is 5.32 Å². The largest absolute Gasteiger partial charge is 0.322 e. The number of carbonyl (C=O) groups is 1. The van der Waals surface area contributed by atoms with Gasteiger partial charge in [0.2, 0.25) is 0 Å². The van der Waals surface area contributed by atoms with E-state index < -0.39 is 5.82 Å². The number of halogens is 1. The van der Waals surface area contributed by atoms with Crippen molar-refractivity contribution in [3.05, 3.63) is 65.5 Å². The zero-order valence-electron chi connectivity index (χ0n) is 10.1. The number of nitrogens with one attached hydrogen (secondary N) is 1. The molecule has 0 unspecified atom stereocenters. The highest BCUT2D eigenvalue weighted by atomic mass is 19.1. The summed E-state index contributed by atoms with van der Waals surface area (Å²) in [6, 6.07) is 14.5. The lowest BCUT2D eigenvalue weighted by Crippen LogP contribution is -2.11. The van der Waals surface area contributed by atoms with Crippen LogP contribution in [0.5, 0.6) is 0 Å². The molecule has 94 valence electrons. The topological polar surface area (TPSA) is 52.9 Å². The Morgan fingerprint density at radius 2 is 1.95 bits per heavy atom. The van der Waals surface area contributed by atoms with Crippen LogP contribution in [0.2, 0.25) is 0 Å². The third-order valence-electron chi connectivity index (χ3n) is 2.58. The molecule has 0 aliphatic carbocycles. The molecule has 0 heterocycles. The molecule has 2 rings (SSSR count). The van der Waals surface area contributed by atoms with E-state index in [0.717, 1.165) is 5.56 Å². The molecule has 4 heteroatoms. The van der Waals surface area contributed by atoms with Crippen LogP contribution in [-0.2, 0) is 6.42 Å². The van der Waals surface area contributed by atoms with Gasteiger partial charge >= 0.3 is 0 Å². The van der Waals surface area contributed by atoms with Gasteiger partial charge in [-0.25, -0.2) is 4.39 Å². The SMILES string of the molecule is N#CCc1ccc(C(=O)Nc2cccc(F)c2)cc1. The Morgan fingerprint density at radius 1 is 1.21 bits per heavy atom. The third-order valence-corrected chi connectivity index (χ3v) is 2.58. The third kappa shape index (κ3) is 3.39. The Labute approximate surface area is 110 Å². The molecule has 1 N–H and O–H groups in total. The van der Waals surface area contributed by atoms with Crippen molar-refractivity contribution in [1.29, 1.82) is 5.26 Å². The normalized spacial score (nSPS) is 9.68. The first-order valence-electron chi connectivity index (χ1n) is 5.72. The highest BCUT2D eigenvalue weighted by Crippen LogP contribution is 2.12. The van der Waals surface area contributed by atoms with Crippen molar-refractivity contribution in [3.8, 4) is 6.07 Å².